The number of amides is 1. The van der Waals surface area contributed by atoms with E-state index in [2.05, 4.69) is 43.6 Å². The smallest absolute Gasteiger partial charge is 0.252 e. The molecular weight excluding hydrogens is 490 g/mol. The summed E-state index contributed by atoms with van der Waals surface area (Å²) in [5.41, 5.74) is 2.24. The van der Waals surface area contributed by atoms with Crippen LogP contribution in [0.4, 0.5) is 0 Å². The zero-order chi connectivity index (χ0) is 24.5. The number of sulfonamides is 1. The van der Waals surface area contributed by atoms with E-state index in [0.29, 0.717) is 41.7 Å². The third-order valence-corrected chi connectivity index (χ3v) is 9.25. The molecule has 1 aliphatic rings. The monoisotopic (exact) mass is 517 g/mol. The van der Waals surface area contributed by atoms with E-state index in [0.717, 1.165) is 10.2 Å². The molecule has 1 atom stereocenters. The van der Waals surface area contributed by atoms with E-state index < -0.39 is 15.9 Å². The molecule has 1 fully saturated rings. The predicted octanol–water partition coefficient (Wildman–Crippen LogP) is 5.19. The molecule has 0 aliphatic carbocycles. The number of halogens is 1. The molecule has 1 aromatic heterocycles. The van der Waals surface area contributed by atoms with Gasteiger partial charge in [-0.1, -0.05) is 48.9 Å². The summed E-state index contributed by atoms with van der Waals surface area (Å²) in [6.07, 6.45) is 3.00. The molecule has 9 heteroatoms. The first-order chi connectivity index (χ1) is 16.2. The Morgan fingerprint density at radius 1 is 1.26 bits per heavy atom. The number of nitrogens with zero attached hydrogens (tertiary/aromatic N) is 3. The van der Waals surface area contributed by atoms with Gasteiger partial charge in [-0.2, -0.15) is 9.30 Å². The summed E-state index contributed by atoms with van der Waals surface area (Å²) in [6.45, 7) is 9.18. The number of carbonyl (C=O) groups excluding carboxylic acids is 1. The molecule has 2 heterocycles. The lowest BCUT2D eigenvalue weighted by molar-refractivity contribution is -0.122. The van der Waals surface area contributed by atoms with Gasteiger partial charge in [-0.3, -0.25) is 4.79 Å². The Morgan fingerprint density at radius 2 is 2.00 bits per heavy atom. The topological polar surface area (TPSA) is 71.7 Å². The number of hydrogen-bond donors (Lipinski definition) is 0. The van der Waals surface area contributed by atoms with E-state index in [1.54, 1.807) is 18.2 Å². The molecule has 0 saturated carbocycles. The molecule has 1 unspecified atom stereocenters. The number of thiazole rings is 1. The van der Waals surface area contributed by atoms with Gasteiger partial charge in [-0.05, 0) is 60.7 Å². The average molecular weight is 518 g/mol. The van der Waals surface area contributed by atoms with Crippen LogP contribution in [-0.2, 0) is 21.4 Å². The zero-order valence-electron chi connectivity index (χ0n) is 19.3. The van der Waals surface area contributed by atoms with E-state index in [9.17, 15) is 13.2 Å². The lowest BCUT2D eigenvalue weighted by Crippen LogP contribution is -2.42. The van der Waals surface area contributed by atoms with Gasteiger partial charge < -0.3 is 4.57 Å². The van der Waals surface area contributed by atoms with Crippen molar-refractivity contribution >= 4 is 49.1 Å². The van der Waals surface area contributed by atoms with Gasteiger partial charge in [0.25, 0.3) is 5.91 Å². The largest absolute Gasteiger partial charge is 0.313 e. The second-order valence-electron chi connectivity index (χ2n) is 8.77. The third kappa shape index (κ3) is 5.05. The summed E-state index contributed by atoms with van der Waals surface area (Å²) in [6, 6.07) is 12.4. The van der Waals surface area contributed by atoms with Crippen molar-refractivity contribution in [3.05, 3.63) is 70.5 Å². The van der Waals surface area contributed by atoms with Crippen molar-refractivity contribution in [3.8, 4) is 0 Å². The number of allylic oxidation sites excluding steroid dienone is 1. The van der Waals surface area contributed by atoms with Crippen LogP contribution in [-0.4, -0.2) is 36.3 Å². The summed E-state index contributed by atoms with van der Waals surface area (Å²) in [7, 11) is -3.70. The molecule has 1 aliphatic heterocycles. The molecule has 34 heavy (non-hydrogen) atoms. The van der Waals surface area contributed by atoms with E-state index in [1.165, 1.54) is 33.3 Å². The Morgan fingerprint density at radius 3 is 2.68 bits per heavy atom. The molecule has 4 rings (SSSR count). The highest BCUT2D eigenvalue weighted by Gasteiger charge is 2.33. The molecule has 6 nitrogen and oxygen atoms in total. The second kappa shape index (κ2) is 10.2. The maximum atomic E-state index is 13.2. The van der Waals surface area contributed by atoms with Gasteiger partial charge in [0.1, 0.15) is 0 Å². The maximum Gasteiger partial charge on any atom is 0.252 e. The van der Waals surface area contributed by atoms with E-state index in [4.69, 9.17) is 11.6 Å². The molecule has 1 amide bonds. The molecule has 0 spiro atoms. The van der Waals surface area contributed by atoms with Crippen molar-refractivity contribution < 1.29 is 13.2 Å². The minimum atomic E-state index is -3.70. The zero-order valence-corrected chi connectivity index (χ0v) is 21.7. The predicted molar refractivity (Wildman–Crippen MR) is 138 cm³/mol. The Hall–Kier alpha value is -2.26. The van der Waals surface area contributed by atoms with Crippen LogP contribution in [0.3, 0.4) is 0 Å². The number of aromatic nitrogens is 1. The van der Waals surface area contributed by atoms with Crippen LogP contribution in [0, 0.1) is 5.92 Å². The minimum Gasteiger partial charge on any atom is -0.313 e. The van der Waals surface area contributed by atoms with Crippen LogP contribution in [0.1, 0.15) is 38.2 Å². The van der Waals surface area contributed by atoms with Crippen molar-refractivity contribution in [2.45, 2.75) is 44.0 Å². The lowest BCUT2D eigenvalue weighted by atomic mass is 9.99. The fraction of sp³-hybridized carbons (Fsp3) is 0.360. The molecular formula is C25H28ClN3O3S2. The fourth-order valence-corrected chi connectivity index (χ4v) is 6.89. The van der Waals surface area contributed by atoms with Crippen molar-refractivity contribution in [1.29, 1.82) is 0 Å². The summed E-state index contributed by atoms with van der Waals surface area (Å²) < 4.78 is 30.6. The summed E-state index contributed by atoms with van der Waals surface area (Å²) in [4.78, 5) is 18.4. The normalized spacial score (nSPS) is 18.0. The van der Waals surface area contributed by atoms with Crippen molar-refractivity contribution in [1.82, 2.24) is 8.87 Å². The number of hydrogen-bond acceptors (Lipinski definition) is 4. The summed E-state index contributed by atoms with van der Waals surface area (Å²) >= 11 is 7.38. The highest BCUT2D eigenvalue weighted by atomic mass is 35.5. The minimum absolute atomic E-state index is 0.122. The first-order valence-electron chi connectivity index (χ1n) is 11.3. The first kappa shape index (κ1) is 24.9. The Kier molecular flexibility index (Phi) is 7.42. The van der Waals surface area contributed by atoms with E-state index in [-0.39, 0.29) is 17.3 Å². The Labute approximate surface area is 209 Å². The molecule has 2 aromatic carbocycles. The van der Waals surface area contributed by atoms with Gasteiger partial charge in [0.05, 0.1) is 21.0 Å². The van der Waals surface area contributed by atoms with Crippen LogP contribution >= 0.6 is 22.9 Å². The molecule has 0 bridgehead atoms. The second-order valence-corrected chi connectivity index (χ2v) is 12.2. The van der Waals surface area contributed by atoms with Crippen LogP contribution in [0.25, 0.3) is 10.2 Å². The van der Waals surface area contributed by atoms with Gasteiger partial charge in [-0.25, -0.2) is 8.42 Å². The summed E-state index contributed by atoms with van der Waals surface area (Å²) in [5.74, 6) is -0.369. The molecule has 180 valence electrons. The maximum absolute atomic E-state index is 13.2. The highest BCUT2D eigenvalue weighted by molar-refractivity contribution is 7.89. The van der Waals surface area contributed by atoms with Gasteiger partial charge in [-0.15, -0.1) is 6.58 Å². The van der Waals surface area contributed by atoms with Gasteiger partial charge in [0.15, 0.2) is 4.80 Å². The van der Waals surface area contributed by atoms with Gasteiger partial charge in [0.2, 0.25) is 10.0 Å². The number of carbonyl (C=O) groups is 1. The summed E-state index contributed by atoms with van der Waals surface area (Å²) in [5, 5.41) is 0.473. The number of benzene rings is 2. The Bertz CT molecular complexity index is 1390. The van der Waals surface area contributed by atoms with Gasteiger partial charge in [0, 0.05) is 24.7 Å². The third-order valence-electron chi connectivity index (χ3n) is 6.08. The molecule has 1 saturated heterocycles. The van der Waals surface area contributed by atoms with Crippen LogP contribution < -0.4 is 4.80 Å². The number of piperidine rings is 1. The average Bonchev–Trinajstić information content (AvgIpc) is 3.15. The van der Waals surface area contributed by atoms with Crippen molar-refractivity contribution in [2.75, 3.05) is 13.1 Å². The molecule has 3 aromatic rings. The lowest BCUT2D eigenvalue weighted by Gasteiger charge is -2.30. The Balaban J connectivity index is 1.63. The van der Waals surface area contributed by atoms with Crippen molar-refractivity contribution in [2.24, 2.45) is 10.9 Å². The van der Waals surface area contributed by atoms with E-state index >= 15 is 0 Å². The number of rotatable bonds is 6. The van der Waals surface area contributed by atoms with E-state index in [1.807, 2.05) is 4.57 Å². The van der Waals surface area contributed by atoms with Crippen molar-refractivity contribution in [3.63, 3.8) is 0 Å². The molecule has 0 radical (unpaired) electrons. The van der Waals surface area contributed by atoms with Gasteiger partial charge >= 0.3 is 0 Å². The SMILES string of the molecule is C=CCn1c(=NC(=O)C2CCCN(S(=O)(=O)c3ccc(Cl)cc3)C2)sc2cc(C(C)C)ccc21. The molecule has 0 N–H and O–H groups in total. The number of fused-ring (bicyclic) bond motifs is 1. The highest BCUT2D eigenvalue weighted by Crippen LogP contribution is 2.26. The standard InChI is InChI=1S/C25H28ClN3O3S2/c1-4-13-29-22-12-7-18(17(2)3)15-23(22)33-25(29)27-24(30)19-6-5-14-28(16-19)34(31,32)21-10-8-20(26)9-11-21/h4,7-12,15,17,19H,1,5-6,13-14,16H2,2-3H3. The van der Waals surface area contributed by atoms with Crippen LogP contribution in [0.15, 0.2) is 65.0 Å². The fourth-order valence-electron chi connectivity index (χ4n) is 4.14. The van der Waals surface area contributed by atoms with Crippen LogP contribution in [0.5, 0.6) is 0 Å². The quantitative estimate of drug-likeness (QED) is 0.422. The first-order valence-corrected chi connectivity index (χ1v) is 13.9. The van der Waals surface area contributed by atoms with Crippen LogP contribution in [0.2, 0.25) is 5.02 Å².